The van der Waals surface area contributed by atoms with Gasteiger partial charge in [-0.3, -0.25) is 4.79 Å². The molecular formula is C13H17NO2Si. The molecule has 0 atom stereocenters. The molecule has 4 heteroatoms. The fraction of sp³-hybridized carbons (Fsp3) is 0.385. The minimum absolute atomic E-state index is 0.309. The SMILES string of the molecule is CC(=O)Oc1nc(C)ccc1C#C[Si](C)(C)C. The van der Waals surface area contributed by atoms with E-state index < -0.39 is 8.07 Å². The van der Waals surface area contributed by atoms with Crippen LogP contribution in [0.15, 0.2) is 12.1 Å². The van der Waals surface area contributed by atoms with Crippen LogP contribution in [0, 0.1) is 18.4 Å². The molecule has 1 heterocycles. The molecule has 1 aromatic heterocycles. The molecule has 3 nitrogen and oxygen atoms in total. The van der Waals surface area contributed by atoms with Crippen molar-refractivity contribution >= 4 is 14.0 Å². The second kappa shape index (κ2) is 5.15. The molecule has 0 aromatic carbocycles. The van der Waals surface area contributed by atoms with Crippen molar-refractivity contribution < 1.29 is 9.53 Å². The van der Waals surface area contributed by atoms with Crippen molar-refractivity contribution in [3.8, 4) is 17.3 Å². The summed E-state index contributed by atoms with van der Waals surface area (Å²) in [7, 11) is -1.45. The van der Waals surface area contributed by atoms with E-state index in [1.807, 2.05) is 19.1 Å². The molecule has 0 aliphatic rings. The summed E-state index contributed by atoms with van der Waals surface area (Å²) in [6.45, 7) is 9.69. The van der Waals surface area contributed by atoms with Crippen LogP contribution >= 0.6 is 0 Å². The van der Waals surface area contributed by atoms with Gasteiger partial charge in [0, 0.05) is 12.6 Å². The summed E-state index contributed by atoms with van der Waals surface area (Å²) in [4.78, 5) is 15.2. The van der Waals surface area contributed by atoms with Crippen LogP contribution in [0.2, 0.25) is 19.6 Å². The summed E-state index contributed by atoms with van der Waals surface area (Å²) in [6.07, 6.45) is 0. The summed E-state index contributed by atoms with van der Waals surface area (Å²) < 4.78 is 5.05. The number of hydrogen-bond donors (Lipinski definition) is 0. The summed E-state index contributed by atoms with van der Waals surface area (Å²) in [5, 5.41) is 0. The lowest BCUT2D eigenvalue weighted by Crippen LogP contribution is -2.16. The van der Waals surface area contributed by atoms with E-state index in [0.717, 1.165) is 5.69 Å². The molecule has 1 rings (SSSR count). The molecule has 0 spiro atoms. The normalized spacial score (nSPS) is 10.4. The predicted molar refractivity (Wildman–Crippen MR) is 70.5 cm³/mol. The largest absolute Gasteiger partial charge is 0.406 e. The van der Waals surface area contributed by atoms with Gasteiger partial charge < -0.3 is 4.74 Å². The first kappa shape index (κ1) is 13.5. The van der Waals surface area contributed by atoms with Gasteiger partial charge in [-0.15, -0.1) is 5.54 Å². The number of carbonyl (C=O) groups excluding carboxylic acids is 1. The zero-order valence-electron chi connectivity index (χ0n) is 10.9. The maximum absolute atomic E-state index is 11.0. The van der Waals surface area contributed by atoms with Crippen LogP contribution < -0.4 is 4.74 Å². The van der Waals surface area contributed by atoms with E-state index in [1.165, 1.54) is 6.92 Å². The second-order valence-electron chi connectivity index (χ2n) is 4.90. The first-order valence-corrected chi connectivity index (χ1v) is 8.97. The average Bonchev–Trinajstić information content (AvgIpc) is 2.14. The number of ether oxygens (including phenoxy) is 1. The van der Waals surface area contributed by atoms with Crippen LogP contribution in [-0.2, 0) is 4.79 Å². The quantitative estimate of drug-likeness (QED) is 0.435. The van der Waals surface area contributed by atoms with Crippen LogP contribution in [-0.4, -0.2) is 19.0 Å². The molecule has 0 amide bonds. The molecule has 90 valence electrons. The van der Waals surface area contributed by atoms with Crippen molar-refractivity contribution in [1.29, 1.82) is 0 Å². The lowest BCUT2D eigenvalue weighted by molar-refractivity contribution is -0.132. The molecule has 0 N–H and O–H groups in total. The summed E-state index contributed by atoms with van der Waals surface area (Å²) in [5.41, 5.74) is 4.71. The lowest BCUT2D eigenvalue weighted by Gasteiger charge is -2.06. The average molecular weight is 247 g/mol. The van der Waals surface area contributed by atoms with Crippen LogP contribution in [0.4, 0.5) is 0 Å². The molecule has 0 radical (unpaired) electrons. The fourth-order valence-electron chi connectivity index (χ4n) is 1.10. The van der Waals surface area contributed by atoms with E-state index in [2.05, 4.69) is 36.1 Å². The van der Waals surface area contributed by atoms with Crippen LogP contribution in [0.5, 0.6) is 5.88 Å². The molecule has 0 bridgehead atoms. The van der Waals surface area contributed by atoms with E-state index in [1.54, 1.807) is 0 Å². The standard InChI is InChI=1S/C13H17NO2Si/c1-10-6-7-12(8-9-17(3,4)5)13(14-10)16-11(2)15/h6-7H,1-5H3. The van der Waals surface area contributed by atoms with Gasteiger partial charge in [0.1, 0.15) is 8.07 Å². The van der Waals surface area contributed by atoms with E-state index >= 15 is 0 Å². The Labute approximate surface area is 103 Å². The smallest absolute Gasteiger partial charge is 0.309 e. The van der Waals surface area contributed by atoms with Crippen LogP contribution in [0.1, 0.15) is 18.2 Å². The first-order valence-electron chi connectivity index (χ1n) is 5.47. The second-order valence-corrected chi connectivity index (χ2v) is 9.65. The Morgan fingerprint density at radius 3 is 2.53 bits per heavy atom. The summed E-state index contributed by atoms with van der Waals surface area (Å²) >= 11 is 0. The van der Waals surface area contributed by atoms with Gasteiger partial charge >= 0.3 is 5.97 Å². The van der Waals surface area contributed by atoms with Gasteiger partial charge in [-0.05, 0) is 19.1 Å². The molecule has 0 aliphatic heterocycles. The first-order chi connectivity index (χ1) is 7.78. The Kier molecular flexibility index (Phi) is 4.08. The maximum Gasteiger partial charge on any atom is 0.309 e. The molecule has 0 unspecified atom stereocenters. The zero-order valence-corrected chi connectivity index (χ0v) is 11.9. The number of hydrogen-bond acceptors (Lipinski definition) is 3. The van der Waals surface area contributed by atoms with E-state index in [0.29, 0.717) is 11.4 Å². The predicted octanol–water partition coefficient (Wildman–Crippen LogP) is 2.54. The molecule has 17 heavy (non-hydrogen) atoms. The molecule has 0 saturated heterocycles. The zero-order chi connectivity index (χ0) is 13.1. The van der Waals surface area contributed by atoms with Crippen LogP contribution in [0.3, 0.4) is 0 Å². The Morgan fingerprint density at radius 1 is 1.35 bits per heavy atom. The number of esters is 1. The van der Waals surface area contributed by atoms with Gasteiger partial charge in [-0.25, -0.2) is 4.98 Å². The third kappa shape index (κ3) is 4.83. The van der Waals surface area contributed by atoms with Gasteiger partial charge in [0.15, 0.2) is 0 Å². The number of carbonyl (C=O) groups is 1. The summed E-state index contributed by atoms with van der Waals surface area (Å²) in [5.74, 6) is 2.99. The number of nitrogens with zero attached hydrogens (tertiary/aromatic N) is 1. The van der Waals surface area contributed by atoms with Crippen molar-refractivity contribution in [2.75, 3.05) is 0 Å². The Balaban J connectivity index is 3.13. The van der Waals surface area contributed by atoms with Crippen molar-refractivity contribution in [1.82, 2.24) is 4.98 Å². The van der Waals surface area contributed by atoms with Gasteiger partial charge in [0.25, 0.3) is 0 Å². The van der Waals surface area contributed by atoms with Crippen molar-refractivity contribution in [2.24, 2.45) is 0 Å². The van der Waals surface area contributed by atoms with Gasteiger partial charge in [0.2, 0.25) is 5.88 Å². The highest BCUT2D eigenvalue weighted by Crippen LogP contribution is 2.15. The number of aryl methyl sites for hydroxylation is 1. The summed E-state index contributed by atoms with van der Waals surface area (Å²) in [6, 6.07) is 3.70. The fourth-order valence-corrected chi connectivity index (χ4v) is 1.61. The van der Waals surface area contributed by atoms with Crippen molar-refractivity contribution in [2.45, 2.75) is 33.5 Å². The third-order valence-electron chi connectivity index (χ3n) is 1.81. The van der Waals surface area contributed by atoms with E-state index in [9.17, 15) is 4.79 Å². The number of pyridine rings is 1. The molecule has 0 aliphatic carbocycles. The topological polar surface area (TPSA) is 39.2 Å². The van der Waals surface area contributed by atoms with Gasteiger partial charge in [-0.1, -0.05) is 25.6 Å². The van der Waals surface area contributed by atoms with E-state index in [4.69, 9.17) is 4.74 Å². The molecule has 1 aromatic rings. The van der Waals surface area contributed by atoms with E-state index in [-0.39, 0.29) is 5.97 Å². The monoisotopic (exact) mass is 247 g/mol. The number of aromatic nitrogens is 1. The minimum Gasteiger partial charge on any atom is -0.406 e. The highest BCUT2D eigenvalue weighted by Gasteiger charge is 2.10. The number of rotatable bonds is 1. The molecule has 0 fully saturated rings. The van der Waals surface area contributed by atoms with Gasteiger partial charge in [-0.2, -0.15) is 0 Å². The molecular weight excluding hydrogens is 230 g/mol. The van der Waals surface area contributed by atoms with Crippen molar-refractivity contribution in [3.63, 3.8) is 0 Å². The Hall–Kier alpha value is -1.60. The maximum atomic E-state index is 11.0. The highest BCUT2D eigenvalue weighted by molar-refractivity contribution is 6.83. The van der Waals surface area contributed by atoms with Gasteiger partial charge in [0.05, 0.1) is 5.56 Å². The Morgan fingerprint density at radius 2 is 2.00 bits per heavy atom. The van der Waals surface area contributed by atoms with Crippen LogP contribution in [0.25, 0.3) is 0 Å². The minimum atomic E-state index is -1.45. The third-order valence-corrected chi connectivity index (χ3v) is 2.69. The lowest BCUT2D eigenvalue weighted by atomic mass is 10.2. The highest BCUT2D eigenvalue weighted by atomic mass is 28.3. The Bertz CT molecular complexity index is 492. The molecule has 0 saturated carbocycles. The van der Waals surface area contributed by atoms with Crippen molar-refractivity contribution in [3.05, 3.63) is 23.4 Å².